The van der Waals surface area contributed by atoms with E-state index in [1.54, 1.807) is 7.11 Å². The number of amides is 1. The van der Waals surface area contributed by atoms with Crippen LogP contribution in [0.5, 0.6) is 5.75 Å². The summed E-state index contributed by atoms with van der Waals surface area (Å²) in [5.41, 5.74) is 2.27. The Morgan fingerprint density at radius 2 is 2.11 bits per heavy atom. The van der Waals surface area contributed by atoms with Crippen molar-refractivity contribution < 1.29 is 9.53 Å². The van der Waals surface area contributed by atoms with Crippen molar-refractivity contribution in [1.29, 1.82) is 0 Å². The van der Waals surface area contributed by atoms with Crippen LogP contribution in [-0.4, -0.2) is 26.6 Å². The van der Waals surface area contributed by atoms with E-state index in [4.69, 9.17) is 4.74 Å². The summed E-state index contributed by atoms with van der Waals surface area (Å²) >= 11 is 0. The van der Waals surface area contributed by atoms with Crippen molar-refractivity contribution >= 4 is 5.91 Å². The van der Waals surface area contributed by atoms with Crippen molar-refractivity contribution in [3.63, 3.8) is 0 Å². The molecule has 1 rings (SSSR count). The molecule has 0 unspecified atom stereocenters. The van der Waals surface area contributed by atoms with E-state index in [2.05, 4.69) is 30.5 Å². The molecule has 0 saturated carbocycles. The molecule has 1 amide bonds. The molecule has 0 heterocycles. The molecule has 0 aliphatic carbocycles. The highest BCUT2D eigenvalue weighted by Gasteiger charge is 2.08. The highest BCUT2D eigenvalue weighted by atomic mass is 16.5. The van der Waals surface area contributed by atoms with E-state index in [1.807, 2.05) is 19.2 Å². The zero-order chi connectivity index (χ0) is 14.3. The van der Waals surface area contributed by atoms with Crippen molar-refractivity contribution in [2.45, 2.75) is 32.7 Å². The summed E-state index contributed by atoms with van der Waals surface area (Å²) in [5.74, 6) is 1.37. The third-order valence-electron chi connectivity index (χ3n) is 3.01. The lowest BCUT2D eigenvalue weighted by molar-refractivity contribution is -0.121. The predicted octanol–water partition coefficient (Wildman–Crippen LogP) is 2.04. The van der Waals surface area contributed by atoms with Crippen molar-refractivity contribution in [3.05, 3.63) is 29.3 Å². The molecule has 106 valence electrons. The van der Waals surface area contributed by atoms with E-state index < -0.39 is 0 Å². The van der Waals surface area contributed by atoms with Crippen LogP contribution < -0.4 is 15.4 Å². The molecule has 0 aromatic heterocycles. The minimum Gasteiger partial charge on any atom is -0.496 e. The molecule has 0 atom stereocenters. The van der Waals surface area contributed by atoms with Crippen LogP contribution in [0, 0.1) is 0 Å². The predicted molar refractivity (Wildman–Crippen MR) is 77.5 cm³/mol. The van der Waals surface area contributed by atoms with E-state index in [1.165, 1.54) is 5.56 Å². The van der Waals surface area contributed by atoms with Gasteiger partial charge in [-0.1, -0.05) is 26.0 Å². The maximum absolute atomic E-state index is 11.5. The first-order valence-corrected chi connectivity index (χ1v) is 6.66. The van der Waals surface area contributed by atoms with Gasteiger partial charge in [0, 0.05) is 19.5 Å². The van der Waals surface area contributed by atoms with E-state index in [-0.39, 0.29) is 5.91 Å². The number of carbonyl (C=O) groups excluding carboxylic acids is 1. The lowest BCUT2D eigenvalue weighted by atomic mass is 9.99. The Hall–Kier alpha value is -1.55. The number of hydrogen-bond donors (Lipinski definition) is 2. The second-order valence-electron chi connectivity index (χ2n) is 4.86. The van der Waals surface area contributed by atoms with Crippen molar-refractivity contribution in [3.8, 4) is 5.75 Å². The van der Waals surface area contributed by atoms with E-state index >= 15 is 0 Å². The molecule has 4 heteroatoms. The van der Waals surface area contributed by atoms with Crippen LogP contribution in [0.1, 0.15) is 37.3 Å². The van der Waals surface area contributed by atoms with Crippen LogP contribution in [0.3, 0.4) is 0 Å². The summed E-state index contributed by atoms with van der Waals surface area (Å²) in [7, 11) is 3.52. The van der Waals surface area contributed by atoms with Crippen LogP contribution in [0.4, 0.5) is 0 Å². The van der Waals surface area contributed by atoms with Crippen molar-refractivity contribution in [2.75, 3.05) is 20.7 Å². The fourth-order valence-corrected chi connectivity index (χ4v) is 1.87. The van der Waals surface area contributed by atoms with E-state index in [9.17, 15) is 4.79 Å². The van der Waals surface area contributed by atoms with Gasteiger partial charge in [0.1, 0.15) is 5.75 Å². The van der Waals surface area contributed by atoms with E-state index in [0.29, 0.717) is 25.4 Å². The SMILES string of the molecule is CNCCC(=O)NCc1ccc(OC)c(C(C)C)c1. The van der Waals surface area contributed by atoms with Gasteiger partial charge in [-0.05, 0) is 30.2 Å². The third-order valence-corrected chi connectivity index (χ3v) is 3.01. The summed E-state index contributed by atoms with van der Waals surface area (Å²) in [6.45, 7) is 5.53. The van der Waals surface area contributed by atoms with Gasteiger partial charge in [-0.2, -0.15) is 0 Å². The lowest BCUT2D eigenvalue weighted by Gasteiger charge is -2.14. The quantitative estimate of drug-likeness (QED) is 0.792. The van der Waals surface area contributed by atoms with Gasteiger partial charge < -0.3 is 15.4 Å². The summed E-state index contributed by atoms with van der Waals surface area (Å²) in [6, 6.07) is 6.05. The molecular weight excluding hydrogens is 240 g/mol. The van der Waals surface area contributed by atoms with Gasteiger partial charge in [0.2, 0.25) is 5.91 Å². The first-order chi connectivity index (χ1) is 9.08. The Balaban J connectivity index is 2.64. The topological polar surface area (TPSA) is 50.4 Å². The molecule has 0 aliphatic heterocycles. The highest BCUT2D eigenvalue weighted by Crippen LogP contribution is 2.27. The van der Waals surface area contributed by atoms with Gasteiger partial charge in [-0.15, -0.1) is 0 Å². The molecule has 1 aromatic carbocycles. The molecule has 0 saturated heterocycles. The Morgan fingerprint density at radius 3 is 2.68 bits per heavy atom. The lowest BCUT2D eigenvalue weighted by Crippen LogP contribution is -2.26. The maximum atomic E-state index is 11.5. The van der Waals surface area contributed by atoms with Crippen molar-refractivity contribution in [2.24, 2.45) is 0 Å². The first-order valence-electron chi connectivity index (χ1n) is 6.66. The molecule has 0 radical (unpaired) electrons. The zero-order valence-corrected chi connectivity index (χ0v) is 12.2. The van der Waals surface area contributed by atoms with E-state index in [0.717, 1.165) is 11.3 Å². The summed E-state index contributed by atoms with van der Waals surface area (Å²) in [4.78, 5) is 11.5. The summed E-state index contributed by atoms with van der Waals surface area (Å²) < 4.78 is 5.34. The van der Waals surface area contributed by atoms with Crippen LogP contribution in [0.15, 0.2) is 18.2 Å². The Bertz CT molecular complexity index is 417. The largest absolute Gasteiger partial charge is 0.496 e. The Morgan fingerprint density at radius 1 is 1.37 bits per heavy atom. The normalized spacial score (nSPS) is 10.6. The third kappa shape index (κ3) is 4.91. The standard InChI is InChI=1S/C15H24N2O2/c1-11(2)13-9-12(5-6-14(13)19-4)10-17-15(18)7-8-16-3/h5-6,9,11,16H,7-8,10H2,1-4H3,(H,17,18). The van der Waals surface area contributed by atoms with Gasteiger partial charge in [-0.3, -0.25) is 4.79 Å². The molecule has 0 aliphatic rings. The Labute approximate surface area is 115 Å². The molecule has 1 aromatic rings. The smallest absolute Gasteiger partial charge is 0.221 e. The molecule has 0 bridgehead atoms. The monoisotopic (exact) mass is 264 g/mol. The molecule has 2 N–H and O–H groups in total. The number of carbonyl (C=O) groups is 1. The van der Waals surface area contributed by atoms with Gasteiger partial charge in [0.15, 0.2) is 0 Å². The number of benzene rings is 1. The number of rotatable bonds is 7. The average Bonchev–Trinajstić information content (AvgIpc) is 2.42. The Kier molecular flexibility index (Phi) is 6.36. The van der Waals surface area contributed by atoms with Crippen LogP contribution in [0.25, 0.3) is 0 Å². The van der Waals surface area contributed by atoms with Gasteiger partial charge >= 0.3 is 0 Å². The molecule has 4 nitrogen and oxygen atoms in total. The number of hydrogen-bond acceptors (Lipinski definition) is 3. The fraction of sp³-hybridized carbons (Fsp3) is 0.533. The number of ether oxygens (including phenoxy) is 1. The maximum Gasteiger partial charge on any atom is 0.221 e. The molecule has 0 fully saturated rings. The fourth-order valence-electron chi connectivity index (χ4n) is 1.87. The summed E-state index contributed by atoms with van der Waals surface area (Å²) in [5, 5.41) is 5.88. The van der Waals surface area contributed by atoms with Crippen molar-refractivity contribution in [1.82, 2.24) is 10.6 Å². The minimum atomic E-state index is 0.0660. The second kappa shape index (κ2) is 7.79. The van der Waals surface area contributed by atoms with Gasteiger partial charge in [0.05, 0.1) is 7.11 Å². The molecule has 0 spiro atoms. The van der Waals surface area contributed by atoms with Crippen LogP contribution >= 0.6 is 0 Å². The van der Waals surface area contributed by atoms with Crippen LogP contribution in [0.2, 0.25) is 0 Å². The van der Waals surface area contributed by atoms with Crippen LogP contribution in [-0.2, 0) is 11.3 Å². The number of nitrogens with one attached hydrogen (secondary N) is 2. The van der Waals surface area contributed by atoms with Gasteiger partial charge in [0.25, 0.3) is 0 Å². The highest BCUT2D eigenvalue weighted by molar-refractivity contribution is 5.76. The first kappa shape index (κ1) is 15.5. The summed E-state index contributed by atoms with van der Waals surface area (Å²) in [6.07, 6.45) is 0.504. The second-order valence-corrected chi connectivity index (χ2v) is 4.86. The zero-order valence-electron chi connectivity index (χ0n) is 12.2. The molecular formula is C15H24N2O2. The number of methoxy groups -OCH3 is 1. The molecule has 19 heavy (non-hydrogen) atoms. The minimum absolute atomic E-state index is 0.0660. The van der Waals surface area contributed by atoms with Gasteiger partial charge in [-0.25, -0.2) is 0 Å². The average molecular weight is 264 g/mol.